The molecule has 0 aromatic carbocycles. The Kier molecular flexibility index (Phi) is 4.19. The first kappa shape index (κ1) is 14.0. The van der Waals surface area contributed by atoms with Gasteiger partial charge in [-0.15, -0.1) is 0 Å². The van der Waals surface area contributed by atoms with Crippen LogP contribution in [-0.4, -0.2) is 36.9 Å². The van der Waals surface area contributed by atoms with Crippen LogP contribution in [0.2, 0.25) is 0 Å². The normalized spacial score (nSPS) is 19.0. The largest absolute Gasteiger partial charge is 0.348 e. The Balaban J connectivity index is 1.98. The van der Waals surface area contributed by atoms with Gasteiger partial charge in [-0.05, 0) is 37.0 Å². The van der Waals surface area contributed by atoms with Gasteiger partial charge in [0.1, 0.15) is 15.5 Å². The molecule has 0 saturated carbocycles. The summed E-state index contributed by atoms with van der Waals surface area (Å²) in [7, 11) is -2.89. The molecule has 1 aliphatic heterocycles. The average molecular weight is 282 g/mol. The number of carbonyl (C=O) groups is 1. The molecule has 1 fully saturated rings. The summed E-state index contributed by atoms with van der Waals surface area (Å²) in [5.74, 6) is 0.0837. The minimum atomic E-state index is -2.89. The molecule has 1 amide bonds. The molecular weight excluding hydrogens is 264 g/mol. The minimum absolute atomic E-state index is 0.0666. The molecule has 19 heavy (non-hydrogen) atoms. The first-order chi connectivity index (χ1) is 9.00. The van der Waals surface area contributed by atoms with Crippen molar-refractivity contribution in [1.82, 2.24) is 10.3 Å². The number of rotatable bonds is 3. The number of nitrogens with zero attached hydrogens (tertiary/aromatic N) is 1. The molecule has 1 aromatic heterocycles. The van der Waals surface area contributed by atoms with Crippen molar-refractivity contribution < 1.29 is 13.2 Å². The van der Waals surface area contributed by atoms with E-state index in [4.69, 9.17) is 0 Å². The van der Waals surface area contributed by atoms with Crippen LogP contribution in [0.4, 0.5) is 0 Å². The summed E-state index contributed by atoms with van der Waals surface area (Å²) in [5, 5.41) is 2.86. The average Bonchev–Trinajstić information content (AvgIpc) is 2.41. The van der Waals surface area contributed by atoms with Crippen molar-refractivity contribution in [2.45, 2.75) is 32.2 Å². The number of amides is 1. The highest BCUT2D eigenvalue weighted by molar-refractivity contribution is 7.91. The van der Waals surface area contributed by atoms with Gasteiger partial charge < -0.3 is 5.32 Å². The second-order valence-corrected chi connectivity index (χ2v) is 7.11. The predicted molar refractivity (Wildman–Crippen MR) is 72.8 cm³/mol. The zero-order chi connectivity index (χ0) is 13.9. The van der Waals surface area contributed by atoms with E-state index in [2.05, 4.69) is 10.3 Å². The molecule has 5 nitrogen and oxygen atoms in total. The summed E-state index contributed by atoms with van der Waals surface area (Å²) in [4.78, 5) is 16.1. The van der Waals surface area contributed by atoms with E-state index < -0.39 is 9.84 Å². The molecule has 0 atom stereocenters. The smallest absolute Gasteiger partial charge is 0.270 e. The Morgan fingerprint density at radius 1 is 1.42 bits per heavy atom. The number of hydrogen-bond donors (Lipinski definition) is 1. The molecule has 0 bridgehead atoms. The fourth-order valence-electron chi connectivity index (χ4n) is 2.11. The highest BCUT2D eigenvalue weighted by atomic mass is 32.2. The maximum atomic E-state index is 12.0. The van der Waals surface area contributed by atoms with Gasteiger partial charge in [-0.2, -0.15) is 0 Å². The van der Waals surface area contributed by atoms with Gasteiger partial charge in [-0.1, -0.05) is 6.92 Å². The van der Waals surface area contributed by atoms with Crippen molar-refractivity contribution in [3.8, 4) is 0 Å². The zero-order valence-electron chi connectivity index (χ0n) is 10.9. The van der Waals surface area contributed by atoms with Crippen molar-refractivity contribution in [3.63, 3.8) is 0 Å². The molecule has 2 rings (SSSR count). The Morgan fingerprint density at radius 2 is 2.11 bits per heavy atom. The molecule has 104 valence electrons. The molecular formula is C13H18N2O3S. The molecule has 1 aromatic rings. The molecule has 1 saturated heterocycles. The van der Waals surface area contributed by atoms with Crippen molar-refractivity contribution >= 4 is 15.7 Å². The predicted octanol–water partition coefficient (Wildman–Crippen LogP) is 0.951. The lowest BCUT2D eigenvalue weighted by molar-refractivity contribution is 0.0929. The van der Waals surface area contributed by atoms with E-state index in [0.717, 1.165) is 12.0 Å². The van der Waals surface area contributed by atoms with Crippen LogP contribution < -0.4 is 5.32 Å². The molecule has 1 N–H and O–H groups in total. The number of nitrogens with one attached hydrogen (secondary N) is 1. The molecule has 0 unspecified atom stereocenters. The second kappa shape index (κ2) is 5.69. The first-order valence-corrected chi connectivity index (χ1v) is 8.28. The summed E-state index contributed by atoms with van der Waals surface area (Å²) in [5.41, 5.74) is 1.46. The Morgan fingerprint density at radius 3 is 2.74 bits per heavy atom. The highest BCUT2D eigenvalue weighted by Gasteiger charge is 2.25. The summed E-state index contributed by atoms with van der Waals surface area (Å²) in [6.45, 7) is 2.02. The summed E-state index contributed by atoms with van der Waals surface area (Å²) >= 11 is 0. The van der Waals surface area contributed by atoms with E-state index in [1.807, 2.05) is 13.0 Å². The van der Waals surface area contributed by atoms with E-state index in [0.29, 0.717) is 18.5 Å². The molecule has 0 aliphatic carbocycles. The zero-order valence-corrected chi connectivity index (χ0v) is 11.7. The summed E-state index contributed by atoms with van der Waals surface area (Å²) in [6, 6.07) is 3.59. The number of sulfone groups is 1. The van der Waals surface area contributed by atoms with Crippen molar-refractivity contribution in [3.05, 3.63) is 29.6 Å². The fourth-order valence-corrected chi connectivity index (χ4v) is 3.60. The van der Waals surface area contributed by atoms with Crippen LogP contribution >= 0.6 is 0 Å². The first-order valence-electron chi connectivity index (χ1n) is 6.46. The Hall–Kier alpha value is -1.43. The maximum Gasteiger partial charge on any atom is 0.270 e. The number of carbonyl (C=O) groups excluding carboxylic acids is 1. The van der Waals surface area contributed by atoms with E-state index in [9.17, 15) is 13.2 Å². The van der Waals surface area contributed by atoms with Gasteiger partial charge in [-0.25, -0.2) is 8.42 Å². The third kappa shape index (κ3) is 3.76. The van der Waals surface area contributed by atoms with Gasteiger partial charge in [0, 0.05) is 12.2 Å². The van der Waals surface area contributed by atoms with E-state index in [-0.39, 0.29) is 23.5 Å². The van der Waals surface area contributed by atoms with Crippen molar-refractivity contribution in [2.24, 2.45) is 0 Å². The van der Waals surface area contributed by atoms with Crippen LogP contribution in [0.3, 0.4) is 0 Å². The SMILES string of the molecule is CCc1ccnc(C(=O)NC2CCS(=O)(=O)CC2)c1. The van der Waals surface area contributed by atoms with Gasteiger partial charge in [0.15, 0.2) is 0 Å². The quantitative estimate of drug-likeness (QED) is 0.895. The minimum Gasteiger partial charge on any atom is -0.348 e. The third-order valence-electron chi connectivity index (χ3n) is 3.36. The van der Waals surface area contributed by atoms with E-state index in [1.54, 1.807) is 12.3 Å². The Bertz CT molecular complexity index is 555. The molecule has 6 heteroatoms. The van der Waals surface area contributed by atoms with Crippen LogP contribution in [0.25, 0.3) is 0 Å². The lowest BCUT2D eigenvalue weighted by atomic mass is 10.1. The van der Waals surface area contributed by atoms with Gasteiger partial charge in [0.25, 0.3) is 5.91 Å². The lowest BCUT2D eigenvalue weighted by Crippen LogP contribution is -2.41. The van der Waals surface area contributed by atoms with Gasteiger partial charge >= 0.3 is 0 Å². The number of aryl methyl sites for hydroxylation is 1. The standard InChI is InChI=1S/C13H18N2O3S/c1-2-10-3-6-14-12(9-10)13(16)15-11-4-7-19(17,18)8-5-11/h3,6,9,11H,2,4-5,7-8H2,1H3,(H,15,16). The van der Waals surface area contributed by atoms with Crippen LogP contribution in [0.15, 0.2) is 18.3 Å². The lowest BCUT2D eigenvalue weighted by Gasteiger charge is -2.22. The van der Waals surface area contributed by atoms with Crippen molar-refractivity contribution in [1.29, 1.82) is 0 Å². The van der Waals surface area contributed by atoms with Crippen LogP contribution in [0.5, 0.6) is 0 Å². The van der Waals surface area contributed by atoms with Gasteiger partial charge in [0.2, 0.25) is 0 Å². The molecule has 1 aliphatic rings. The van der Waals surface area contributed by atoms with Gasteiger partial charge in [-0.3, -0.25) is 9.78 Å². The molecule has 0 spiro atoms. The van der Waals surface area contributed by atoms with Crippen LogP contribution in [0, 0.1) is 0 Å². The topological polar surface area (TPSA) is 76.1 Å². The number of pyridine rings is 1. The molecule has 0 radical (unpaired) electrons. The molecule has 2 heterocycles. The fraction of sp³-hybridized carbons (Fsp3) is 0.538. The second-order valence-electron chi connectivity index (χ2n) is 4.80. The van der Waals surface area contributed by atoms with Crippen LogP contribution in [-0.2, 0) is 16.3 Å². The third-order valence-corrected chi connectivity index (χ3v) is 5.07. The monoisotopic (exact) mass is 282 g/mol. The van der Waals surface area contributed by atoms with E-state index >= 15 is 0 Å². The van der Waals surface area contributed by atoms with Gasteiger partial charge in [0.05, 0.1) is 11.5 Å². The summed E-state index contributed by atoms with van der Waals surface area (Å²) in [6.07, 6.45) is 3.45. The maximum absolute atomic E-state index is 12.0. The Labute approximate surface area is 113 Å². The summed E-state index contributed by atoms with van der Waals surface area (Å²) < 4.78 is 22.6. The number of hydrogen-bond acceptors (Lipinski definition) is 4. The van der Waals surface area contributed by atoms with E-state index in [1.165, 1.54) is 0 Å². The highest BCUT2D eigenvalue weighted by Crippen LogP contribution is 2.13. The van der Waals surface area contributed by atoms with Crippen LogP contribution in [0.1, 0.15) is 35.8 Å². The van der Waals surface area contributed by atoms with Crippen molar-refractivity contribution in [2.75, 3.05) is 11.5 Å². The number of aromatic nitrogens is 1.